The van der Waals surface area contributed by atoms with E-state index < -0.39 is 0 Å². The summed E-state index contributed by atoms with van der Waals surface area (Å²) in [6.45, 7) is 5.43. The third-order valence-corrected chi connectivity index (χ3v) is 5.36. The predicted molar refractivity (Wildman–Crippen MR) is 121 cm³/mol. The molecule has 4 rings (SSSR count). The molecule has 1 saturated heterocycles. The van der Waals surface area contributed by atoms with Crippen molar-refractivity contribution in [1.82, 2.24) is 30.0 Å². The Hall–Kier alpha value is -1.91. The zero-order valence-corrected chi connectivity index (χ0v) is 18.7. The molecule has 0 saturated carbocycles. The number of piperazine rings is 1. The number of guanidine groups is 1. The standard InChI is InChI=1S/C19H28N8.HI/c1-20-19(22-15-18-24-23-17-8-3-2-6-10-27(17)18)26-13-11-25(12-14-26)16-7-4-5-9-21-16;/h4-5,7,9H,2-3,6,8,10-15H2,1H3,(H,20,22);1H. The third-order valence-electron chi connectivity index (χ3n) is 5.36. The molecule has 9 heteroatoms. The van der Waals surface area contributed by atoms with E-state index >= 15 is 0 Å². The first kappa shape index (κ1) is 20.8. The van der Waals surface area contributed by atoms with Gasteiger partial charge in [0.1, 0.15) is 11.6 Å². The van der Waals surface area contributed by atoms with Crippen LogP contribution in [0.1, 0.15) is 30.9 Å². The number of nitrogens with one attached hydrogen (secondary N) is 1. The highest BCUT2D eigenvalue weighted by atomic mass is 127. The van der Waals surface area contributed by atoms with E-state index in [2.05, 4.69) is 45.9 Å². The van der Waals surface area contributed by atoms with Crippen LogP contribution < -0.4 is 10.2 Å². The lowest BCUT2D eigenvalue weighted by Crippen LogP contribution is -2.52. The van der Waals surface area contributed by atoms with Crippen LogP contribution in [0.2, 0.25) is 0 Å². The molecule has 1 fully saturated rings. The Morgan fingerprint density at radius 1 is 1.07 bits per heavy atom. The predicted octanol–water partition coefficient (Wildman–Crippen LogP) is 1.92. The number of fused-ring (bicyclic) bond motifs is 1. The van der Waals surface area contributed by atoms with Crippen molar-refractivity contribution in [2.24, 2.45) is 4.99 Å². The van der Waals surface area contributed by atoms with Crippen molar-refractivity contribution >= 4 is 35.8 Å². The largest absolute Gasteiger partial charge is 0.353 e. The van der Waals surface area contributed by atoms with Gasteiger partial charge in [-0.2, -0.15) is 0 Å². The fourth-order valence-electron chi connectivity index (χ4n) is 3.85. The summed E-state index contributed by atoms with van der Waals surface area (Å²) in [6.07, 6.45) is 6.59. The minimum atomic E-state index is 0. The first-order valence-corrected chi connectivity index (χ1v) is 9.87. The summed E-state index contributed by atoms with van der Waals surface area (Å²) >= 11 is 0. The smallest absolute Gasteiger partial charge is 0.194 e. The van der Waals surface area contributed by atoms with E-state index in [1.165, 1.54) is 19.3 Å². The summed E-state index contributed by atoms with van der Waals surface area (Å²) in [5.74, 6) is 4.12. The summed E-state index contributed by atoms with van der Waals surface area (Å²) in [7, 11) is 1.85. The Labute approximate surface area is 183 Å². The molecular weight excluding hydrogens is 467 g/mol. The van der Waals surface area contributed by atoms with Crippen molar-refractivity contribution < 1.29 is 0 Å². The van der Waals surface area contributed by atoms with Crippen LogP contribution in [0, 0.1) is 0 Å². The van der Waals surface area contributed by atoms with Gasteiger partial charge >= 0.3 is 0 Å². The number of nitrogens with zero attached hydrogens (tertiary/aromatic N) is 7. The van der Waals surface area contributed by atoms with E-state index in [-0.39, 0.29) is 24.0 Å². The van der Waals surface area contributed by atoms with E-state index in [0.29, 0.717) is 6.54 Å². The SMILES string of the molecule is CN=C(NCc1nnc2n1CCCCC2)N1CCN(c2ccccn2)CC1.I. The van der Waals surface area contributed by atoms with Crippen molar-refractivity contribution in [3.05, 3.63) is 36.0 Å². The quantitative estimate of drug-likeness (QED) is 0.398. The first-order valence-electron chi connectivity index (χ1n) is 9.87. The lowest BCUT2D eigenvalue weighted by atomic mass is 10.2. The molecule has 0 unspecified atom stereocenters. The fraction of sp³-hybridized carbons (Fsp3) is 0.579. The molecule has 0 atom stereocenters. The van der Waals surface area contributed by atoms with Gasteiger partial charge in [-0.15, -0.1) is 34.2 Å². The number of hydrogen-bond acceptors (Lipinski definition) is 5. The average Bonchev–Trinajstić information content (AvgIpc) is 2.96. The minimum Gasteiger partial charge on any atom is -0.353 e. The van der Waals surface area contributed by atoms with E-state index in [1.54, 1.807) is 0 Å². The Balaban J connectivity index is 0.00000225. The van der Waals surface area contributed by atoms with Crippen molar-refractivity contribution in [3.63, 3.8) is 0 Å². The van der Waals surface area contributed by atoms with Crippen LogP contribution in [-0.4, -0.2) is 63.8 Å². The van der Waals surface area contributed by atoms with Gasteiger partial charge in [-0.25, -0.2) is 4.98 Å². The number of anilines is 1. The zero-order chi connectivity index (χ0) is 18.5. The zero-order valence-electron chi connectivity index (χ0n) is 16.4. The lowest BCUT2D eigenvalue weighted by molar-refractivity contribution is 0.370. The number of aromatic nitrogens is 4. The van der Waals surface area contributed by atoms with Gasteiger partial charge < -0.3 is 19.7 Å². The van der Waals surface area contributed by atoms with Gasteiger partial charge in [0, 0.05) is 52.4 Å². The number of aryl methyl sites for hydroxylation is 1. The molecule has 28 heavy (non-hydrogen) atoms. The maximum atomic E-state index is 4.48. The Morgan fingerprint density at radius 3 is 2.68 bits per heavy atom. The topological polar surface area (TPSA) is 74.5 Å². The van der Waals surface area contributed by atoms with Gasteiger partial charge in [0.05, 0.1) is 6.54 Å². The average molecular weight is 496 g/mol. The first-order chi connectivity index (χ1) is 13.3. The second-order valence-electron chi connectivity index (χ2n) is 7.06. The molecule has 0 spiro atoms. The van der Waals surface area contributed by atoms with Crippen LogP contribution >= 0.6 is 24.0 Å². The summed E-state index contributed by atoms with van der Waals surface area (Å²) < 4.78 is 2.28. The fourth-order valence-corrected chi connectivity index (χ4v) is 3.85. The molecule has 0 amide bonds. The minimum absolute atomic E-state index is 0. The normalized spacial score (nSPS) is 17.5. The van der Waals surface area contributed by atoms with Gasteiger partial charge in [0.2, 0.25) is 0 Å². The highest BCUT2D eigenvalue weighted by Gasteiger charge is 2.21. The van der Waals surface area contributed by atoms with Crippen molar-refractivity contribution in [3.8, 4) is 0 Å². The number of hydrogen-bond donors (Lipinski definition) is 1. The van der Waals surface area contributed by atoms with Crippen molar-refractivity contribution in [1.29, 1.82) is 0 Å². The maximum absolute atomic E-state index is 4.48. The van der Waals surface area contributed by atoms with Crippen molar-refractivity contribution in [2.45, 2.75) is 38.8 Å². The molecule has 2 aromatic rings. The van der Waals surface area contributed by atoms with E-state index in [0.717, 1.165) is 62.6 Å². The van der Waals surface area contributed by atoms with Gasteiger partial charge in [0.15, 0.2) is 11.8 Å². The lowest BCUT2D eigenvalue weighted by Gasteiger charge is -2.37. The molecule has 2 aliphatic heterocycles. The van der Waals surface area contributed by atoms with E-state index in [1.807, 2.05) is 25.4 Å². The molecule has 2 aromatic heterocycles. The number of aliphatic imine (C=N–C) groups is 1. The number of rotatable bonds is 3. The van der Waals surface area contributed by atoms with Gasteiger partial charge in [-0.1, -0.05) is 12.5 Å². The third kappa shape index (κ3) is 4.73. The Morgan fingerprint density at radius 2 is 1.93 bits per heavy atom. The van der Waals surface area contributed by atoms with Gasteiger partial charge in [-0.3, -0.25) is 4.99 Å². The Bertz CT molecular complexity index is 767. The second-order valence-corrected chi connectivity index (χ2v) is 7.06. The Kier molecular flexibility index (Phi) is 7.46. The van der Waals surface area contributed by atoms with Crippen LogP contribution in [-0.2, 0) is 19.5 Å². The molecule has 152 valence electrons. The van der Waals surface area contributed by atoms with Crippen LogP contribution in [0.4, 0.5) is 5.82 Å². The second kappa shape index (κ2) is 10.0. The molecular formula is C19H29IN8. The van der Waals surface area contributed by atoms with Crippen LogP contribution in [0.3, 0.4) is 0 Å². The summed E-state index contributed by atoms with van der Waals surface area (Å²) in [4.78, 5) is 13.6. The number of pyridine rings is 1. The molecule has 0 bridgehead atoms. The van der Waals surface area contributed by atoms with Crippen molar-refractivity contribution in [2.75, 3.05) is 38.1 Å². The maximum Gasteiger partial charge on any atom is 0.194 e. The van der Waals surface area contributed by atoms with Gasteiger partial charge in [-0.05, 0) is 25.0 Å². The molecule has 4 heterocycles. The monoisotopic (exact) mass is 496 g/mol. The van der Waals surface area contributed by atoms with E-state index in [9.17, 15) is 0 Å². The molecule has 8 nitrogen and oxygen atoms in total. The van der Waals surface area contributed by atoms with Crippen LogP contribution in [0.25, 0.3) is 0 Å². The molecule has 1 N–H and O–H groups in total. The molecule has 0 aromatic carbocycles. The molecule has 2 aliphatic rings. The highest BCUT2D eigenvalue weighted by Crippen LogP contribution is 2.15. The van der Waals surface area contributed by atoms with Crippen LogP contribution in [0.5, 0.6) is 0 Å². The summed E-state index contributed by atoms with van der Waals surface area (Å²) in [5, 5.41) is 12.3. The number of halogens is 1. The summed E-state index contributed by atoms with van der Waals surface area (Å²) in [6, 6.07) is 6.06. The summed E-state index contributed by atoms with van der Waals surface area (Å²) in [5.41, 5.74) is 0. The highest BCUT2D eigenvalue weighted by molar-refractivity contribution is 14.0. The van der Waals surface area contributed by atoms with Gasteiger partial charge in [0.25, 0.3) is 0 Å². The van der Waals surface area contributed by atoms with E-state index in [4.69, 9.17) is 0 Å². The molecule has 0 aliphatic carbocycles. The molecule has 0 radical (unpaired) electrons. The van der Waals surface area contributed by atoms with Crippen LogP contribution in [0.15, 0.2) is 29.4 Å².